The number of nitrogens with one attached hydrogen (secondary N) is 1. The molecule has 108 valence electrons. The molecule has 4 nitrogen and oxygen atoms in total. The van der Waals surface area contributed by atoms with E-state index in [1.165, 1.54) is 0 Å². The summed E-state index contributed by atoms with van der Waals surface area (Å²) < 4.78 is 10.6. The normalized spacial score (nSPS) is 10.9. The van der Waals surface area contributed by atoms with Crippen molar-refractivity contribution < 1.29 is 9.15 Å². The summed E-state index contributed by atoms with van der Waals surface area (Å²) in [5.41, 5.74) is 0.755. The minimum Gasteiger partial charge on any atom is -0.441 e. The lowest BCUT2D eigenvalue weighted by Crippen LogP contribution is -2.21. The van der Waals surface area contributed by atoms with Crippen LogP contribution in [-0.2, 0) is 11.2 Å². The highest BCUT2D eigenvalue weighted by Gasteiger charge is 2.11. The zero-order chi connectivity index (χ0) is 14.4. The molecule has 20 heavy (non-hydrogen) atoms. The van der Waals surface area contributed by atoms with Crippen LogP contribution in [0, 0.1) is 0 Å². The molecule has 1 aromatic carbocycles. The van der Waals surface area contributed by atoms with Crippen LogP contribution in [0.3, 0.4) is 0 Å². The van der Waals surface area contributed by atoms with Gasteiger partial charge in [0.25, 0.3) is 0 Å². The van der Waals surface area contributed by atoms with Crippen LogP contribution in [0.15, 0.2) is 28.8 Å². The molecule has 0 atom stereocenters. The number of ether oxygens (including phenoxy) is 1. The Labute approximate surface area is 128 Å². The first kappa shape index (κ1) is 15.3. The molecule has 1 N–H and O–H groups in total. The highest BCUT2D eigenvalue weighted by Crippen LogP contribution is 2.33. The predicted octanol–water partition coefficient (Wildman–Crippen LogP) is 3.43. The summed E-state index contributed by atoms with van der Waals surface area (Å²) in [7, 11) is 1.68. The molecular weight excluding hydrogens is 299 g/mol. The smallest absolute Gasteiger partial charge is 0.196 e. The number of nitrogens with zero attached hydrogens (tertiary/aromatic N) is 1. The van der Waals surface area contributed by atoms with E-state index in [0.717, 1.165) is 18.7 Å². The topological polar surface area (TPSA) is 47.3 Å². The van der Waals surface area contributed by atoms with Crippen LogP contribution in [0.1, 0.15) is 5.89 Å². The highest BCUT2D eigenvalue weighted by molar-refractivity contribution is 6.43. The van der Waals surface area contributed by atoms with Crippen LogP contribution >= 0.6 is 23.2 Å². The number of hydrogen-bond donors (Lipinski definition) is 1. The van der Waals surface area contributed by atoms with Gasteiger partial charge in [-0.2, -0.15) is 0 Å². The highest BCUT2D eigenvalue weighted by atomic mass is 35.5. The van der Waals surface area contributed by atoms with Gasteiger partial charge >= 0.3 is 0 Å². The second-order valence-corrected chi connectivity index (χ2v) is 5.00. The van der Waals surface area contributed by atoms with Gasteiger partial charge in [0.05, 0.1) is 22.8 Å². The summed E-state index contributed by atoms with van der Waals surface area (Å²) in [5.74, 6) is 1.30. The summed E-state index contributed by atoms with van der Waals surface area (Å²) in [6.45, 7) is 2.28. The Morgan fingerprint density at radius 1 is 1.30 bits per heavy atom. The van der Waals surface area contributed by atoms with Crippen LogP contribution in [0.2, 0.25) is 10.0 Å². The van der Waals surface area contributed by atoms with E-state index < -0.39 is 0 Å². The Morgan fingerprint density at radius 3 is 2.95 bits per heavy atom. The molecule has 0 aliphatic carbocycles. The second-order valence-electron chi connectivity index (χ2n) is 4.21. The number of halogens is 2. The maximum Gasteiger partial charge on any atom is 0.196 e. The molecule has 0 radical (unpaired) electrons. The lowest BCUT2D eigenvalue weighted by atomic mass is 10.2. The summed E-state index contributed by atoms with van der Waals surface area (Å²) in [4.78, 5) is 4.24. The summed E-state index contributed by atoms with van der Waals surface area (Å²) in [5, 5.41) is 4.22. The number of methoxy groups -OCH3 is 1. The first-order valence-corrected chi connectivity index (χ1v) is 7.06. The Morgan fingerprint density at radius 2 is 2.15 bits per heavy atom. The van der Waals surface area contributed by atoms with Crippen molar-refractivity contribution in [1.29, 1.82) is 0 Å². The quantitative estimate of drug-likeness (QED) is 0.795. The molecule has 0 bridgehead atoms. The molecule has 1 heterocycles. The van der Waals surface area contributed by atoms with E-state index in [0.29, 0.717) is 34.7 Å². The standard InChI is InChI=1S/C14H16Cl2N2O2/c1-19-8-7-17-6-5-13-18-9-12(20-13)10-3-2-4-11(15)14(10)16/h2-4,9,17H,5-8H2,1H3. The Balaban J connectivity index is 1.97. The lowest BCUT2D eigenvalue weighted by Gasteiger charge is -2.02. The molecule has 1 aromatic heterocycles. The molecule has 6 heteroatoms. The van der Waals surface area contributed by atoms with E-state index in [2.05, 4.69) is 10.3 Å². The number of oxazole rings is 1. The molecule has 0 saturated carbocycles. The maximum atomic E-state index is 6.15. The number of aromatic nitrogens is 1. The third-order valence-corrected chi connectivity index (χ3v) is 3.59. The first-order chi connectivity index (χ1) is 9.72. The van der Waals surface area contributed by atoms with Crippen molar-refractivity contribution in [3.63, 3.8) is 0 Å². The Kier molecular flexibility index (Phi) is 5.86. The van der Waals surface area contributed by atoms with Gasteiger partial charge in [-0.25, -0.2) is 4.98 Å². The minimum absolute atomic E-state index is 0.482. The van der Waals surface area contributed by atoms with Crippen LogP contribution < -0.4 is 5.32 Å². The van der Waals surface area contributed by atoms with E-state index in [4.69, 9.17) is 32.4 Å². The molecule has 0 aliphatic rings. The third-order valence-electron chi connectivity index (χ3n) is 2.77. The van der Waals surface area contributed by atoms with Crippen LogP contribution in [0.25, 0.3) is 11.3 Å². The van der Waals surface area contributed by atoms with Gasteiger partial charge in [-0.05, 0) is 12.1 Å². The Bertz CT molecular complexity index is 558. The average Bonchev–Trinajstić information content (AvgIpc) is 2.90. The van der Waals surface area contributed by atoms with Crippen molar-refractivity contribution in [2.45, 2.75) is 6.42 Å². The van der Waals surface area contributed by atoms with E-state index in [1.54, 1.807) is 19.4 Å². The van der Waals surface area contributed by atoms with E-state index >= 15 is 0 Å². The van der Waals surface area contributed by atoms with Gasteiger partial charge in [0.2, 0.25) is 0 Å². The Hall–Kier alpha value is -1.07. The summed E-state index contributed by atoms with van der Waals surface area (Å²) in [6, 6.07) is 5.43. The van der Waals surface area contributed by atoms with Gasteiger partial charge in [-0.3, -0.25) is 0 Å². The van der Waals surface area contributed by atoms with Gasteiger partial charge in [0.1, 0.15) is 0 Å². The van der Waals surface area contributed by atoms with Crippen molar-refractivity contribution in [2.75, 3.05) is 26.8 Å². The van der Waals surface area contributed by atoms with Crippen molar-refractivity contribution >= 4 is 23.2 Å². The molecule has 0 aliphatic heterocycles. The average molecular weight is 315 g/mol. The largest absolute Gasteiger partial charge is 0.441 e. The number of benzene rings is 1. The zero-order valence-electron chi connectivity index (χ0n) is 11.2. The molecule has 2 aromatic rings. The fraction of sp³-hybridized carbons (Fsp3) is 0.357. The predicted molar refractivity (Wildman–Crippen MR) is 80.4 cm³/mol. The monoisotopic (exact) mass is 314 g/mol. The molecular formula is C14H16Cl2N2O2. The van der Waals surface area contributed by atoms with E-state index in [-0.39, 0.29) is 0 Å². The van der Waals surface area contributed by atoms with Crippen LogP contribution in [0.4, 0.5) is 0 Å². The van der Waals surface area contributed by atoms with Crippen molar-refractivity contribution in [1.82, 2.24) is 10.3 Å². The van der Waals surface area contributed by atoms with Gasteiger partial charge in [-0.1, -0.05) is 29.3 Å². The van der Waals surface area contributed by atoms with Gasteiger partial charge in [0.15, 0.2) is 11.7 Å². The van der Waals surface area contributed by atoms with Gasteiger partial charge < -0.3 is 14.5 Å². The van der Waals surface area contributed by atoms with Crippen LogP contribution in [0.5, 0.6) is 0 Å². The van der Waals surface area contributed by atoms with E-state index in [1.807, 2.05) is 12.1 Å². The SMILES string of the molecule is COCCNCCc1ncc(-c2cccc(Cl)c2Cl)o1. The minimum atomic E-state index is 0.482. The molecule has 0 spiro atoms. The zero-order valence-corrected chi connectivity index (χ0v) is 12.7. The second kappa shape index (κ2) is 7.64. The number of hydrogen-bond acceptors (Lipinski definition) is 4. The summed E-state index contributed by atoms with van der Waals surface area (Å²) >= 11 is 12.1. The summed E-state index contributed by atoms with van der Waals surface area (Å²) in [6.07, 6.45) is 2.38. The van der Waals surface area contributed by atoms with Gasteiger partial charge in [0, 0.05) is 32.2 Å². The van der Waals surface area contributed by atoms with Crippen LogP contribution in [-0.4, -0.2) is 31.8 Å². The fourth-order valence-corrected chi connectivity index (χ4v) is 2.13. The van der Waals surface area contributed by atoms with Crippen molar-refractivity contribution in [3.8, 4) is 11.3 Å². The van der Waals surface area contributed by atoms with Crippen molar-refractivity contribution in [3.05, 3.63) is 40.3 Å². The third kappa shape index (κ3) is 3.96. The van der Waals surface area contributed by atoms with Crippen molar-refractivity contribution in [2.24, 2.45) is 0 Å². The molecule has 2 rings (SSSR count). The molecule has 0 unspecified atom stereocenters. The van der Waals surface area contributed by atoms with Gasteiger partial charge in [-0.15, -0.1) is 0 Å². The fourth-order valence-electron chi connectivity index (χ4n) is 1.74. The number of rotatable bonds is 7. The molecule has 0 amide bonds. The lowest BCUT2D eigenvalue weighted by molar-refractivity contribution is 0.199. The first-order valence-electron chi connectivity index (χ1n) is 6.31. The molecule has 0 saturated heterocycles. The maximum absolute atomic E-state index is 6.15. The molecule has 0 fully saturated rings. The van der Waals surface area contributed by atoms with E-state index in [9.17, 15) is 0 Å².